The van der Waals surface area contributed by atoms with Gasteiger partial charge in [0.15, 0.2) is 0 Å². The van der Waals surface area contributed by atoms with Crippen LogP contribution in [0.1, 0.15) is 25.8 Å². The van der Waals surface area contributed by atoms with Gasteiger partial charge in [0.05, 0.1) is 5.69 Å². The molecule has 1 aromatic rings. The molecule has 0 aliphatic carbocycles. The van der Waals surface area contributed by atoms with Crippen molar-refractivity contribution in [2.75, 3.05) is 11.4 Å². The van der Waals surface area contributed by atoms with Gasteiger partial charge in [-0.3, -0.25) is 14.5 Å². The molecule has 1 N–H and O–H groups in total. The van der Waals surface area contributed by atoms with E-state index >= 15 is 0 Å². The van der Waals surface area contributed by atoms with E-state index in [1.807, 2.05) is 13.8 Å². The fourth-order valence-corrected chi connectivity index (χ4v) is 2.39. The number of amides is 2. The minimum atomic E-state index is -0.708. The molecule has 1 aliphatic heterocycles. The van der Waals surface area contributed by atoms with E-state index in [2.05, 4.69) is 5.32 Å². The molecular weight excluding hydrogens is 278 g/mol. The molecule has 21 heavy (non-hydrogen) atoms. The first kappa shape index (κ1) is 15.4. The first-order valence-corrected chi connectivity index (χ1v) is 6.86. The zero-order valence-corrected chi connectivity index (χ0v) is 12.2. The van der Waals surface area contributed by atoms with Crippen LogP contribution in [0.3, 0.4) is 0 Å². The van der Waals surface area contributed by atoms with Gasteiger partial charge in [0.2, 0.25) is 11.8 Å². The molecule has 6 heteroatoms. The van der Waals surface area contributed by atoms with Crippen molar-refractivity contribution >= 4 is 17.5 Å². The Labute approximate surface area is 122 Å². The van der Waals surface area contributed by atoms with Crippen LogP contribution in [0.25, 0.3) is 0 Å². The lowest BCUT2D eigenvalue weighted by molar-refractivity contribution is -0.131. The predicted molar refractivity (Wildman–Crippen MR) is 74.8 cm³/mol. The first-order chi connectivity index (χ1) is 9.79. The first-order valence-electron chi connectivity index (χ1n) is 6.86. The van der Waals surface area contributed by atoms with E-state index in [1.165, 1.54) is 6.92 Å². The summed E-state index contributed by atoms with van der Waals surface area (Å²) < 4.78 is 27.7. The Morgan fingerprint density at radius 1 is 1.29 bits per heavy atom. The van der Waals surface area contributed by atoms with Gasteiger partial charge < -0.3 is 5.32 Å². The van der Waals surface area contributed by atoms with Gasteiger partial charge in [-0.05, 0) is 30.9 Å². The highest BCUT2D eigenvalue weighted by Crippen LogP contribution is 2.25. The van der Waals surface area contributed by atoms with Gasteiger partial charge in [0.25, 0.3) is 0 Å². The molecule has 1 aliphatic rings. The van der Waals surface area contributed by atoms with Crippen molar-refractivity contribution in [2.45, 2.75) is 33.2 Å². The molecule has 1 saturated heterocycles. The molecule has 4 nitrogen and oxygen atoms in total. The molecule has 2 rings (SSSR count). The highest BCUT2D eigenvalue weighted by Gasteiger charge is 2.35. The summed E-state index contributed by atoms with van der Waals surface area (Å²) in [5.41, 5.74) is -0.0319. The molecule has 1 atom stereocenters. The topological polar surface area (TPSA) is 49.4 Å². The summed E-state index contributed by atoms with van der Waals surface area (Å²) in [7, 11) is 0. The van der Waals surface area contributed by atoms with E-state index in [0.29, 0.717) is 6.42 Å². The standard InChI is InChI=1S/C15H18F2N2O2/c1-8(2)4-12-15(21)19(7-14(20)18-12)13-6-10(16)9(3)5-11(13)17/h5-6,8,12H,4,7H2,1-3H3,(H,18,20). The van der Waals surface area contributed by atoms with E-state index in [9.17, 15) is 18.4 Å². The lowest BCUT2D eigenvalue weighted by Gasteiger charge is -2.33. The largest absolute Gasteiger partial charge is 0.343 e. The minimum absolute atomic E-state index is 0.156. The number of benzene rings is 1. The third-order valence-electron chi connectivity index (χ3n) is 3.43. The zero-order valence-electron chi connectivity index (χ0n) is 12.2. The van der Waals surface area contributed by atoms with Crippen molar-refractivity contribution in [3.05, 3.63) is 29.3 Å². The summed E-state index contributed by atoms with van der Waals surface area (Å²) >= 11 is 0. The van der Waals surface area contributed by atoms with E-state index in [-0.39, 0.29) is 29.6 Å². The zero-order chi connectivity index (χ0) is 15.7. The summed E-state index contributed by atoms with van der Waals surface area (Å²) in [6.45, 7) is 4.98. The molecule has 1 fully saturated rings. The molecule has 1 unspecified atom stereocenters. The average molecular weight is 296 g/mol. The van der Waals surface area contributed by atoms with Gasteiger partial charge in [0.1, 0.15) is 24.2 Å². The Morgan fingerprint density at radius 2 is 1.95 bits per heavy atom. The molecule has 0 saturated carbocycles. The number of carbonyl (C=O) groups is 2. The maximum Gasteiger partial charge on any atom is 0.250 e. The highest BCUT2D eigenvalue weighted by atomic mass is 19.1. The van der Waals surface area contributed by atoms with Crippen LogP contribution in [0.2, 0.25) is 0 Å². The van der Waals surface area contributed by atoms with Crippen molar-refractivity contribution < 1.29 is 18.4 Å². The van der Waals surface area contributed by atoms with Gasteiger partial charge in [0, 0.05) is 6.07 Å². The van der Waals surface area contributed by atoms with Crippen molar-refractivity contribution in [3.8, 4) is 0 Å². The average Bonchev–Trinajstić information content (AvgIpc) is 2.37. The lowest BCUT2D eigenvalue weighted by atomic mass is 10.0. The highest BCUT2D eigenvalue weighted by molar-refractivity contribution is 6.06. The van der Waals surface area contributed by atoms with Crippen LogP contribution >= 0.6 is 0 Å². The van der Waals surface area contributed by atoms with Crippen LogP contribution in [0, 0.1) is 24.5 Å². The van der Waals surface area contributed by atoms with Crippen LogP contribution in [0.4, 0.5) is 14.5 Å². The summed E-state index contributed by atoms with van der Waals surface area (Å²) in [5, 5.41) is 2.60. The maximum atomic E-state index is 14.0. The Balaban J connectivity index is 2.36. The molecular formula is C15H18F2N2O2. The van der Waals surface area contributed by atoms with Crippen molar-refractivity contribution in [3.63, 3.8) is 0 Å². The monoisotopic (exact) mass is 296 g/mol. The number of hydrogen-bond acceptors (Lipinski definition) is 2. The number of aryl methyl sites for hydroxylation is 1. The normalized spacial score (nSPS) is 19.1. The lowest BCUT2D eigenvalue weighted by Crippen LogP contribution is -2.58. The van der Waals surface area contributed by atoms with Crippen molar-refractivity contribution in [2.24, 2.45) is 5.92 Å². The second-order valence-corrected chi connectivity index (χ2v) is 5.73. The van der Waals surface area contributed by atoms with Gasteiger partial charge in [-0.1, -0.05) is 13.8 Å². The van der Waals surface area contributed by atoms with Crippen LogP contribution in [-0.2, 0) is 9.59 Å². The fourth-order valence-electron chi connectivity index (χ4n) is 2.39. The number of anilines is 1. The quantitative estimate of drug-likeness (QED) is 0.929. The Bertz CT molecular complexity index is 587. The van der Waals surface area contributed by atoms with Gasteiger partial charge in [-0.2, -0.15) is 0 Å². The summed E-state index contributed by atoms with van der Waals surface area (Å²) in [6.07, 6.45) is 0.455. The second kappa shape index (κ2) is 5.79. The van der Waals surface area contributed by atoms with Gasteiger partial charge in [-0.25, -0.2) is 8.78 Å². The van der Waals surface area contributed by atoms with Crippen molar-refractivity contribution in [1.29, 1.82) is 0 Å². The van der Waals surface area contributed by atoms with Crippen molar-refractivity contribution in [1.82, 2.24) is 5.32 Å². The number of rotatable bonds is 3. The molecule has 1 aromatic carbocycles. The SMILES string of the molecule is Cc1cc(F)c(N2CC(=O)NC(CC(C)C)C2=O)cc1F. The molecule has 0 spiro atoms. The molecule has 0 radical (unpaired) electrons. The fraction of sp³-hybridized carbons (Fsp3) is 0.467. The number of halogens is 2. The molecule has 0 aromatic heterocycles. The third-order valence-corrected chi connectivity index (χ3v) is 3.43. The Hall–Kier alpha value is -1.98. The Kier molecular flexibility index (Phi) is 4.25. The molecule has 0 bridgehead atoms. The molecule has 2 amide bonds. The third kappa shape index (κ3) is 3.20. The van der Waals surface area contributed by atoms with Crippen LogP contribution < -0.4 is 10.2 Å². The minimum Gasteiger partial charge on any atom is -0.343 e. The van der Waals surface area contributed by atoms with E-state index in [1.54, 1.807) is 0 Å². The smallest absolute Gasteiger partial charge is 0.250 e. The van der Waals surface area contributed by atoms with Crippen LogP contribution in [0.15, 0.2) is 12.1 Å². The number of nitrogens with zero attached hydrogens (tertiary/aromatic N) is 1. The summed E-state index contributed by atoms with van der Waals surface area (Å²) in [5.74, 6) is -1.91. The maximum absolute atomic E-state index is 14.0. The number of nitrogens with one attached hydrogen (secondary N) is 1. The number of carbonyl (C=O) groups excluding carboxylic acids is 2. The molecule has 1 heterocycles. The van der Waals surface area contributed by atoms with Gasteiger partial charge in [-0.15, -0.1) is 0 Å². The summed E-state index contributed by atoms with van der Waals surface area (Å²) in [4.78, 5) is 25.1. The van der Waals surface area contributed by atoms with E-state index in [4.69, 9.17) is 0 Å². The van der Waals surface area contributed by atoms with Crippen LogP contribution in [-0.4, -0.2) is 24.4 Å². The molecule has 114 valence electrons. The summed E-state index contributed by atoms with van der Waals surface area (Å²) in [6, 6.07) is 1.30. The van der Waals surface area contributed by atoms with Crippen LogP contribution in [0.5, 0.6) is 0 Å². The number of hydrogen-bond donors (Lipinski definition) is 1. The second-order valence-electron chi connectivity index (χ2n) is 5.73. The van der Waals surface area contributed by atoms with Gasteiger partial charge >= 0.3 is 0 Å². The Morgan fingerprint density at radius 3 is 2.57 bits per heavy atom. The van der Waals surface area contributed by atoms with E-state index in [0.717, 1.165) is 17.0 Å². The number of piperazine rings is 1. The van der Waals surface area contributed by atoms with E-state index < -0.39 is 23.6 Å². The predicted octanol–water partition coefficient (Wildman–Crippen LogP) is 2.15.